The van der Waals surface area contributed by atoms with E-state index in [9.17, 15) is 13.2 Å². The summed E-state index contributed by atoms with van der Waals surface area (Å²) in [4.78, 5) is 2.55. The lowest BCUT2D eigenvalue weighted by atomic mass is 10.1. The van der Waals surface area contributed by atoms with E-state index < -0.39 is 11.7 Å². The van der Waals surface area contributed by atoms with Crippen molar-refractivity contribution in [2.45, 2.75) is 12.7 Å². The largest absolute Gasteiger partial charge is 0.418 e. The van der Waals surface area contributed by atoms with E-state index in [1.54, 1.807) is 11.9 Å². The number of alkyl halides is 3. The zero-order chi connectivity index (χ0) is 14.9. The van der Waals surface area contributed by atoms with Gasteiger partial charge in [0.2, 0.25) is 0 Å². The van der Waals surface area contributed by atoms with Gasteiger partial charge in [-0.3, -0.25) is 0 Å². The fourth-order valence-electron chi connectivity index (χ4n) is 1.87. The highest BCUT2D eigenvalue weighted by molar-refractivity contribution is 9.10. The Morgan fingerprint density at radius 3 is 2.55 bits per heavy atom. The van der Waals surface area contributed by atoms with Crippen LogP contribution in [0, 0.1) is 0 Å². The molecule has 2 N–H and O–H groups in total. The van der Waals surface area contributed by atoms with E-state index in [1.165, 1.54) is 23.5 Å². The summed E-state index contributed by atoms with van der Waals surface area (Å²) in [6.45, 7) is 0.406. The molecular weight excluding hydrogens is 353 g/mol. The molecule has 1 aromatic heterocycles. The summed E-state index contributed by atoms with van der Waals surface area (Å²) in [5.41, 5.74) is 4.97. The first-order valence-electron chi connectivity index (χ1n) is 5.68. The maximum absolute atomic E-state index is 13.0. The molecule has 0 saturated carbocycles. The molecule has 0 spiro atoms. The zero-order valence-corrected chi connectivity index (χ0v) is 12.9. The molecule has 20 heavy (non-hydrogen) atoms. The Kier molecular flexibility index (Phi) is 4.29. The summed E-state index contributed by atoms with van der Waals surface area (Å²) in [5.74, 6) is 0. The quantitative estimate of drug-likeness (QED) is 0.796. The minimum absolute atomic E-state index is 0.105. The molecule has 0 aliphatic carbocycles. The number of nitrogen functional groups attached to an aromatic ring is 1. The van der Waals surface area contributed by atoms with Gasteiger partial charge in [-0.05, 0) is 40.2 Å². The van der Waals surface area contributed by atoms with Crippen molar-refractivity contribution in [1.29, 1.82) is 0 Å². The lowest BCUT2D eigenvalue weighted by Gasteiger charge is -2.23. The highest BCUT2D eigenvalue weighted by Gasteiger charge is 2.34. The number of halogens is 4. The molecule has 0 bridgehead atoms. The van der Waals surface area contributed by atoms with Crippen molar-refractivity contribution in [3.8, 4) is 0 Å². The second-order valence-corrected chi connectivity index (χ2v) is 6.27. The predicted octanol–water partition coefficient (Wildman–Crippen LogP) is 4.75. The number of rotatable bonds is 3. The molecule has 0 aliphatic heterocycles. The number of nitrogens with two attached hydrogens (primary N) is 1. The van der Waals surface area contributed by atoms with Crippen LogP contribution >= 0.6 is 27.3 Å². The topological polar surface area (TPSA) is 29.3 Å². The maximum atomic E-state index is 13.0. The third-order valence-electron chi connectivity index (χ3n) is 2.75. The van der Waals surface area contributed by atoms with Crippen LogP contribution in [-0.4, -0.2) is 7.05 Å². The average Bonchev–Trinajstić information content (AvgIpc) is 2.73. The van der Waals surface area contributed by atoms with E-state index in [4.69, 9.17) is 5.73 Å². The van der Waals surface area contributed by atoms with Gasteiger partial charge in [-0.15, -0.1) is 11.3 Å². The Morgan fingerprint density at radius 2 is 2.00 bits per heavy atom. The van der Waals surface area contributed by atoms with Crippen molar-refractivity contribution < 1.29 is 13.2 Å². The molecule has 1 aromatic carbocycles. The minimum Gasteiger partial charge on any atom is -0.399 e. The normalized spacial score (nSPS) is 11.7. The molecule has 0 amide bonds. The van der Waals surface area contributed by atoms with Gasteiger partial charge in [0, 0.05) is 33.2 Å². The van der Waals surface area contributed by atoms with E-state index in [0.717, 1.165) is 15.4 Å². The number of benzene rings is 1. The van der Waals surface area contributed by atoms with Crippen molar-refractivity contribution in [1.82, 2.24) is 0 Å². The summed E-state index contributed by atoms with van der Waals surface area (Å²) in [5, 5.41) is 1.90. The average molecular weight is 365 g/mol. The Morgan fingerprint density at radius 1 is 1.30 bits per heavy atom. The molecule has 2 nitrogen and oxygen atoms in total. The smallest absolute Gasteiger partial charge is 0.399 e. The molecule has 2 rings (SSSR count). The van der Waals surface area contributed by atoms with Crippen molar-refractivity contribution in [2.75, 3.05) is 17.7 Å². The Balaban J connectivity index is 2.32. The SMILES string of the molecule is CN(Cc1cc(Br)cs1)c1ccc(N)cc1C(F)(F)F. The summed E-state index contributed by atoms with van der Waals surface area (Å²) >= 11 is 4.82. The van der Waals surface area contributed by atoms with E-state index in [2.05, 4.69) is 15.9 Å². The van der Waals surface area contributed by atoms with Gasteiger partial charge in [-0.2, -0.15) is 13.2 Å². The van der Waals surface area contributed by atoms with Gasteiger partial charge in [0.1, 0.15) is 0 Å². The van der Waals surface area contributed by atoms with Crippen LogP contribution in [0.15, 0.2) is 34.1 Å². The third kappa shape index (κ3) is 3.46. The standard InChI is InChI=1S/C13H12BrF3N2S/c1-19(6-10-4-8(14)7-20-10)12-3-2-9(18)5-11(12)13(15,16)17/h2-5,7H,6,18H2,1H3. The van der Waals surface area contributed by atoms with Gasteiger partial charge >= 0.3 is 6.18 Å². The molecule has 0 radical (unpaired) electrons. The predicted molar refractivity (Wildman–Crippen MR) is 80.0 cm³/mol. The van der Waals surface area contributed by atoms with Gasteiger partial charge in [0.25, 0.3) is 0 Å². The van der Waals surface area contributed by atoms with Crippen molar-refractivity contribution in [3.05, 3.63) is 44.6 Å². The number of anilines is 2. The van der Waals surface area contributed by atoms with Gasteiger partial charge < -0.3 is 10.6 Å². The van der Waals surface area contributed by atoms with E-state index >= 15 is 0 Å². The van der Waals surface area contributed by atoms with Crippen LogP contribution in [0.25, 0.3) is 0 Å². The number of thiophene rings is 1. The highest BCUT2D eigenvalue weighted by atomic mass is 79.9. The van der Waals surface area contributed by atoms with Crippen LogP contribution in [0.5, 0.6) is 0 Å². The highest BCUT2D eigenvalue weighted by Crippen LogP contribution is 2.38. The Labute approximate surface area is 127 Å². The molecule has 0 atom stereocenters. The monoisotopic (exact) mass is 364 g/mol. The summed E-state index contributed by atoms with van der Waals surface area (Å²) in [7, 11) is 1.63. The first-order chi connectivity index (χ1) is 9.27. The van der Waals surface area contributed by atoms with Crippen molar-refractivity contribution >= 4 is 38.6 Å². The molecule has 7 heteroatoms. The molecule has 0 unspecified atom stereocenters. The number of nitrogens with zero attached hydrogens (tertiary/aromatic N) is 1. The van der Waals surface area contributed by atoms with Crippen LogP contribution < -0.4 is 10.6 Å². The van der Waals surface area contributed by atoms with Gasteiger partial charge in [-0.1, -0.05) is 0 Å². The summed E-state index contributed by atoms with van der Waals surface area (Å²) in [6, 6.07) is 5.74. The third-order valence-corrected chi connectivity index (χ3v) is 4.43. The first kappa shape index (κ1) is 15.2. The Hall–Kier alpha value is -1.21. The molecule has 108 valence electrons. The van der Waals surface area contributed by atoms with E-state index in [1.807, 2.05) is 11.4 Å². The van der Waals surface area contributed by atoms with Crippen LogP contribution in [-0.2, 0) is 12.7 Å². The fourth-order valence-corrected chi connectivity index (χ4v) is 3.37. The second-order valence-electron chi connectivity index (χ2n) is 4.36. The lowest BCUT2D eigenvalue weighted by molar-refractivity contribution is -0.137. The minimum atomic E-state index is -4.42. The zero-order valence-electron chi connectivity index (χ0n) is 10.5. The van der Waals surface area contributed by atoms with Gasteiger partial charge in [-0.25, -0.2) is 0 Å². The van der Waals surface area contributed by atoms with E-state index in [-0.39, 0.29) is 11.4 Å². The second kappa shape index (κ2) is 5.65. The number of hydrogen-bond acceptors (Lipinski definition) is 3. The van der Waals surface area contributed by atoms with Crippen LogP contribution in [0.4, 0.5) is 24.5 Å². The van der Waals surface area contributed by atoms with Crippen LogP contribution in [0.2, 0.25) is 0 Å². The summed E-state index contributed by atoms with van der Waals surface area (Å²) in [6.07, 6.45) is -4.42. The fraction of sp³-hybridized carbons (Fsp3) is 0.231. The molecule has 2 aromatic rings. The lowest BCUT2D eigenvalue weighted by Crippen LogP contribution is -2.20. The van der Waals surface area contributed by atoms with Crippen molar-refractivity contribution in [2.24, 2.45) is 0 Å². The molecule has 1 heterocycles. The van der Waals surface area contributed by atoms with Gasteiger partial charge in [0.05, 0.1) is 12.1 Å². The number of hydrogen-bond donors (Lipinski definition) is 1. The van der Waals surface area contributed by atoms with Crippen LogP contribution in [0.1, 0.15) is 10.4 Å². The molecule has 0 fully saturated rings. The molecule has 0 aliphatic rings. The van der Waals surface area contributed by atoms with E-state index in [0.29, 0.717) is 6.54 Å². The van der Waals surface area contributed by atoms with Crippen LogP contribution in [0.3, 0.4) is 0 Å². The molecule has 0 saturated heterocycles. The first-order valence-corrected chi connectivity index (χ1v) is 7.35. The maximum Gasteiger partial charge on any atom is 0.418 e. The van der Waals surface area contributed by atoms with Crippen molar-refractivity contribution in [3.63, 3.8) is 0 Å². The molecular formula is C13H12BrF3N2S. The summed E-state index contributed by atoms with van der Waals surface area (Å²) < 4.78 is 40.1. The Bertz CT molecular complexity index is 610. The van der Waals surface area contributed by atoms with Gasteiger partial charge in [0.15, 0.2) is 0 Å².